The number of carbonyl (C=O) groups is 1. The fourth-order valence-electron chi connectivity index (χ4n) is 3.92. The predicted molar refractivity (Wildman–Crippen MR) is 125 cm³/mol. The van der Waals surface area contributed by atoms with E-state index in [9.17, 15) is 13.2 Å². The van der Waals surface area contributed by atoms with E-state index in [1.54, 1.807) is 19.1 Å². The highest BCUT2D eigenvalue weighted by Gasteiger charge is 2.21. The molecule has 31 heavy (non-hydrogen) atoms. The molecule has 0 saturated carbocycles. The number of hydrogen-bond acceptors (Lipinski definition) is 4. The van der Waals surface area contributed by atoms with Gasteiger partial charge in [0, 0.05) is 12.1 Å². The van der Waals surface area contributed by atoms with Crippen LogP contribution in [-0.2, 0) is 10.0 Å². The molecule has 168 valence electrons. The Morgan fingerprint density at radius 3 is 2.42 bits per heavy atom. The SMILES string of the molecule is Cc1ccc(C)c(NS(=O)(=O)c2cc(C(=O)NCCC3CCN(C)CC3)ccc2C)c1. The number of nitrogens with one attached hydrogen (secondary N) is 2. The van der Waals surface area contributed by atoms with Crippen LogP contribution in [0.1, 0.15) is 46.3 Å². The van der Waals surface area contributed by atoms with Crippen molar-refractivity contribution in [1.29, 1.82) is 0 Å². The van der Waals surface area contributed by atoms with E-state index < -0.39 is 10.0 Å². The summed E-state index contributed by atoms with van der Waals surface area (Å²) in [4.78, 5) is 15.1. The third-order valence-corrected chi connectivity index (χ3v) is 7.56. The van der Waals surface area contributed by atoms with Crippen LogP contribution in [0, 0.1) is 26.7 Å². The second-order valence-corrected chi connectivity index (χ2v) is 10.3. The van der Waals surface area contributed by atoms with Gasteiger partial charge in [-0.3, -0.25) is 9.52 Å². The van der Waals surface area contributed by atoms with E-state index in [2.05, 4.69) is 22.0 Å². The number of piperidine rings is 1. The van der Waals surface area contributed by atoms with Crippen molar-refractivity contribution in [3.8, 4) is 0 Å². The molecular weight excluding hydrogens is 410 g/mol. The molecular formula is C24H33N3O3S. The lowest BCUT2D eigenvalue weighted by Gasteiger charge is -2.28. The molecule has 0 spiro atoms. The first-order chi connectivity index (χ1) is 14.7. The highest BCUT2D eigenvalue weighted by molar-refractivity contribution is 7.92. The first kappa shape index (κ1) is 23.3. The second-order valence-electron chi connectivity index (χ2n) is 8.70. The van der Waals surface area contributed by atoms with Crippen molar-refractivity contribution in [1.82, 2.24) is 10.2 Å². The quantitative estimate of drug-likeness (QED) is 0.681. The molecule has 1 saturated heterocycles. The summed E-state index contributed by atoms with van der Waals surface area (Å²) < 4.78 is 28.8. The molecule has 1 heterocycles. The van der Waals surface area contributed by atoms with E-state index in [0.717, 1.165) is 43.5 Å². The minimum Gasteiger partial charge on any atom is -0.352 e. The number of benzene rings is 2. The van der Waals surface area contributed by atoms with Gasteiger partial charge in [-0.25, -0.2) is 8.42 Å². The van der Waals surface area contributed by atoms with Gasteiger partial charge in [0.05, 0.1) is 10.6 Å². The van der Waals surface area contributed by atoms with Crippen molar-refractivity contribution in [3.63, 3.8) is 0 Å². The van der Waals surface area contributed by atoms with E-state index in [-0.39, 0.29) is 10.8 Å². The summed E-state index contributed by atoms with van der Waals surface area (Å²) in [5.41, 5.74) is 3.32. The molecule has 1 fully saturated rings. The fourth-order valence-corrected chi connectivity index (χ4v) is 5.31. The van der Waals surface area contributed by atoms with Crippen LogP contribution in [-0.4, -0.2) is 45.9 Å². The van der Waals surface area contributed by atoms with Crippen molar-refractivity contribution in [3.05, 3.63) is 58.7 Å². The zero-order chi connectivity index (χ0) is 22.6. The van der Waals surface area contributed by atoms with Gasteiger partial charge in [-0.05, 0) is 101 Å². The van der Waals surface area contributed by atoms with Crippen LogP contribution in [0.25, 0.3) is 0 Å². The Hall–Kier alpha value is -2.38. The second kappa shape index (κ2) is 9.83. The van der Waals surface area contributed by atoms with E-state index in [1.807, 2.05) is 32.0 Å². The average molecular weight is 444 g/mol. The van der Waals surface area contributed by atoms with Gasteiger partial charge in [0.1, 0.15) is 0 Å². The highest BCUT2D eigenvalue weighted by Crippen LogP contribution is 2.24. The van der Waals surface area contributed by atoms with Crippen molar-refractivity contribution in [2.45, 2.75) is 44.9 Å². The maximum Gasteiger partial charge on any atom is 0.262 e. The predicted octanol–water partition coefficient (Wildman–Crippen LogP) is 3.87. The summed E-state index contributed by atoms with van der Waals surface area (Å²) in [6.07, 6.45) is 3.26. The number of anilines is 1. The van der Waals surface area contributed by atoms with Crippen molar-refractivity contribution >= 4 is 21.6 Å². The van der Waals surface area contributed by atoms with Crippen LogP contribution in [0.4, 0.5) is 5.69 Å². The summed E-state index contributed by atoms with van der Waals surface area (Å²) in [5.74, 6) is 0.392. The number of carbonyl (C=O) groups excluding carboxylic acids is 1. The molecule has 7 heteroatoms. The molecule has 1 amide bonds. The van der Waals surface area contributed by atoms with Crippen LogP contribution >= 0.6 is 0 Å². The maximum absolute atomic E-state index is 13.1. The van der Waals surface area contributed by atoms with Crippen LogP contribution in [0.5, 0.6) is 0 Å². The molecule has 0 aliphatic carbocycles. The van der Waals surface area contributed by atoms with Gasteiger partial charge in [0.25, 0.3) is 15.9 Å². The van der Waals surface area contributed by atoms with Crippen LogP contribution in [0.2, 0.25) is 0 Å². The first-order valence-corrected chi connectivity index (χ1v) is 12.3. The van der Waals surface area contributed by atoms with Gasteiger partial charge in [-0.15, -0.1) is 0 Å². The minimum atomic E-state index is -3.82. The van der Waals surface area contributed by atoms with E-state index >= 15 is 0 Å². The Morgan fingerprint density at radius 1 is 1.03 bits per heavy atom. The number of sulfonamides is 1. The normalized spacial score (nSPS) is 15.6. The van der Waals surface area contributed by atoms with Crippen LogP contribution < -0.4 is 10.0 Å². The number of likely N-dealkylation sites (tertiary alicyclic amines) is 1. The lowest BCUT2D eigenvalue weighted by molar-refractivity contribution is 0.0948. The van der Waals surface area contributed by atoms with Gasteiger partial charge in [0.2, 0.25) is 0 Å². The highest BCUT2D eigenvalue weighted by atomic mass is 32.2. The Morgan fingerprint density at radius 2 is 1.71 bits per heavy atom. The van der Waals surface area contributed by atoms with Crippen molar-refractivity contribution in [2.75, 3.05) is 31.4 Å². The lowest BCUT2D eigenvalue weighted by atomic mass is 9.94. The summed E-state index contributed by atoms with van der Waals surface area (Å²) in [7, 11) is -1.68. The van der Waals surface area contributed by atoms with Gasteiger partial charge in [0.15, 0.2) is 0 Å². The number of hydrogen-bond donors (Lipinski definition) is 2. The van der Waals surface area contributed by atoms with Gasteiger partial charge >= 0.3 is 0 Å². The zero-order valence-corrected chi connectivity index (χ0v) is 19.7. The van der Waals surface area contributed by atoms with Gasteiger partial charge in [-0.1, -0.05) is 18.2 Å². The minimum absolute atomic E-state index is 0.122. The maximum atomic E-state index is 13.1. The van der Waals surface area contributed by atoms with E-state index in [4.69, 9.17) is 0 Å². The molecule has 0 bridgehead atoms. The largest absolute Gasteiger partial charge is 0.352 e. The van der Waals surface area contributed by atoms with E-state index in [0.29, 0.717) is 29.3 Å². The Balaban J connectivity index is 1.68. The Kier molecular flexibility index (Phi) is 7.38. The smallest absolute Gasteiger partial charge is 0.262 e. The topological polar surface area (TPSA) is 78.5 Å². The lowest BCUT2D eigenvalue weighted by Crippen LogP contribution is -2.32. The molecule has 1 aliphatic rings. The number of rotatable bonds is 7. The molecule has 2 aromatic rings. The molecule has 0 aromatic heterocycles. The fraction of sp³-hybridized carbons (Fsp3) is 0.458. The number of nitrogens with zero attached hydrogens (tertiary/aromatic N) is 1. The van der Waals surface area contributed by atoms with Gasteiger partial charge in [-0.2, -0.15) is 0 Å². The summed E-state index contributed by atoms with van der Waals surface area (Å²) in [6, 6.07) is 10.5. The van der Waals surface area contributed by atoms with Crippen molar-refractivity contribution < 1.29 is 13.2 Å². The molecule has 6 nitrogen and oxygen atoms in total. The molecule has 0 radical (unpaired) electrons. The van der Waals surface area contributed by atoms with E-state index in [1.165, 1.54) is 6.07 Å². The summed E-state index contributed by atoms with van der Waals surface area (Å²) >= 11 is 0. The number of aryl methyl sites for hydroxylation is 3. The standard InChI is InChI=1S/C24H33N3O3S/c1-17-5-6-18(2)22(15-17)26-31(29,30)23-16-21(8-7-19(23)3)24(28)25-12-9-20-10-13-27(4)14-11-20/h5-8,15-16,20,26H,9-14H2,1-4H3,(H,25,28). The third-order valence-electron chi connectivity index (χ3n) is 6.05. The monoisotopic (exact) mass is 443 g/mol. The van der Waals surface area contributed by atoms with Crippen LogP contribution in [0.3, 0.4) is 0 Å². The molecule has 0 atom stereocenters. The van der Waals surface area contributed by atoms with Crippen LogP contribution in [0.15, 0.2) is 41.3 Å². The van der Waals surface area contributed by atoms with Gasteiger partial charge < -0.3 is 10.2 Å². The summed E-state index contributed by atoms with van der Waals surface area (Å²) in [6.45, 7) is 8.32. The number of amides is 1. The average Bonchev–Trinajstić information content (AvgIpc) is 2.72. The molecule has 3 rings (SSSR count). The molecule has 2 N–H and O–H groups in total. The third kappa shape index (κ3) is 6.08. The molecule has 2 aromatic carbocycles. The molecule has 1 aliphatic heterocycles. The zero-order valence-electron chi connectivity index (χ0n) is 18.9. The molecule has 0 unspecified atom stereocenters. The Bertz CT molecular complexity index is 1040. The van der Waals surface area contributed by atoms with Crippen molar-refractivity contribution in [2.24, 2.45) is 5.92 Å². The first-order valence-electron chi connectivity index (χ1n) is 10.8. The summed E-state index contributed by atoms with van der Waals surface area (Å²) in [5, 5.41) is 2.95. The Labute approximate surface area is 186 Å².